The molecule has 6 nitrogen and oxygen atoms in total. The van der Waals surface area contributed by atoms with Gasteiger partial charge in [0.15, 0.2) is 0 Å². The van der Waals surface area contributed by atoms with E-state index in [9.17, 15) is 4.79 Å². The quantitative estimate of drug-likeness (QED) is 0.354. The second-order valence-corrected chi connectivity index (χ2v) is 9.50. The van der Waals surface area contributed by atoms with Crippen LogP contribution in [0.2, 0.25) is 5.02 Å². The number of carbonyl (C=O) groups excluding carboxylic acids is 1. The van der Waals surface area contributed by atoms with Crippen molar-refractivity contribution in [3.8, 4) is 11.4 Å². The van der Waals surface area contributed by atoms with Gasteiger partial charge in [-0.3, -0.25) is 9.69 Å². The van der Waals surface area contributed by atoms with Crippen molar-refractivity contribution in [2.75, 3.05) is 25.4 Å². The molecule has 2 heterocycles. The molecule has 1 aliphatic rings. The van der Waals surface area contributed by atoms with Gasteiger partial charge in [-0.15, -0.1) is 11.8 Å². The number of hydrogen-bond acceptors (Lipinski definition) is 6. The highest BCUT2D eigenvalue weighted by Crippen LogP contribution is 2.22. The zero-order chi connectivity index (χ0) is 22.2. The molecule has 1 atom stereocenters. The lowest BCUT2D eigenvalue weighted by atomic mass is 9.97. The highest BCUT2D eigenvalue weighted by Gasteiger charge is 2.26. The Morgan fingerprint density at radius 1 is 1.19 bits per heavy atom. The molecule has 1 amide bonds. The van der Waals surface area contributed by atoms with Crippen molar-refractivity contribution in [2.45, 2.75) is 30.7 Å². The van der Waals surface area contributed by atoms with Gasteiger partial charge in [0.05, 0.1) is 12.5 Å². The van der Waals surface area contributed by atoms with Gasteiger partial charge in [-0.25, -0.2) is 0 Å². The van der Waals surface area contributed by atoms with Crippen molar-refractivity contribution in [2.24, 2.45) is 5.92 Å². The van der Waals surface area contributed by atoms with Crippen molar-refractivity contribution >= 4 is 29.3 Å². The molecule has 1 saturated heterocycles. The summed E-state index contributed by atoms with van der Waals surface area (Å²) in [6.45, 7) is 2.90. The van der Waals surface area contributed by atoms with Gasteiger partial charge in [-0.05, 0) is 68.0 Å². The van der Waals surface area contributed by atoms with E-state index in [0.717, 1.165) is 37.1 Å². The zero-order valence-electron chi connectivity index (χ0n) is 17.9. The van der Waals surface area contributed by atoms with Gasteiger partial charge in [0.25, 0.3) is 0 Å². The predicted molar refractivity (Wildman–Crippen MR) is 128 cm³/mol. The average Bonchev–Trinajstić information content (AvgIpc) is 3.28. The number of carbonyl (C=O) groups is 1. The maximum atomic E-state index is 12.6. The topological polar surface area (TPSA) is 71.3 Å². The highest BCUT2D eigenvalue weighted by atomic mass is 35.5. The molecule has 1 fully saturated rings. The Kier molecular flexibility index (Phi) is 8.20. The van der Waals surface area contributed by atoms with Crippen LogP contribution in [0.1, 0.15) is 25.2 Å². The summed E-state index contributed by atoms with van der Waals surface area (Å²) >= 11 is 7.76. The van der Waals surface area contributed by atoms with Gasteiger partial charge in [0, 0.05) is 28.6 Å². The zero-order valence-corrected chi connectivity index (χ0v) is 19.4. The van der Waals surface area contributed by atoms with Crippen LogP contribution in [0.15, 0.2) is 64.0 Å². The van der Waals surface area contributed by atoms with Crippen LogP contribution in [-0.4, -0.2) is 46.3 Å². The lowest BCUT2D eigenvalue weighted by Gasteiger charge is -2.30. The normalized spacial score (nSPS) is 16.7. The van der Waals surface area contributed by atoms with Crippen LogP contribution in [-0.2, 0) is 11.3 Å². The monoisotopic (exact) mass is 470 g/mol. The summed E-state index contributed by atoms with van der Waals surface area (Å²) in [5.74, 6) is 2.26. The SMILES string of the molecule is O=C(NCCCSc1ccccc1)C1CCCN(Cc2nc(-c3ccc(Cl)cc3)no2)C1. The third-order valence-corrected chi connectivity index (χ3v) is 6.79. The molecule has 168 valence electrons. The third-order valence-electron chi connectivity index (χ3n) is 5.44. The fraction of sp³-hybridized carbons (Fsp3) is 0.375. The summed E-state index contributed by atoms with van der Waals surface area (Å²) < 4.78 is 5.44. The smallest absolute Gasteiger partial charge is 0.241 e. The fourth-order valence-corrected chi connectivity index (χ4v) is 4.77. The Balaban J connectivity index is 1.20. The summed E-state index contributed by atoms with van der Waals surface area (Å²) in [5, 5.41) is 7.86. The van der Waals surface area contributed by atoms with Crippen LogP contribution >= 0.6 is 23.4 Å². The second kappa shape index (κ2) is 11.5. The molecule has 2 aromatic carbocycles. The summed E-state index contributed by atoms with van der Waals surface area (Å²) in [6.07, 6.45) is 2.86. The van der Waals surface area contributed by atoms with E-state index in [4.69, 9.17) is 16.1 Å². The number of thioether (sulfide) groups is 1. The molecule has 0 bridgehead atoms. The molecule has 0 spiro atoms. The number of nitrogens with one attached hydrogen (secondary N) is 1. The van der Waals surface area contributed by atoms with Gasteiger partial charge >= 0.3 is 0 Å². The maximum absolute atomic E-state index is 12.6. The van der Waals surface area contributed by atoms with Crippen molar-refractivity contribution in [3.05, 3.63) is 65.5 Å². The summed E-state index contributed by atoms with van der Waals surface area (Å²) in [6, 6.07) is 17.7. The van der Waals surface area contributed by atoms with Crippen molar-refractivity contribution in [1.29, 1.82) is 0 Å². The van der Waals surface area contributed by atoms with Crippen LogP contribution in [0.5, 0.6) is 0 Å². The Morgan fingerprint density at radius 3 is 2.81 bits per heavy atom. The van der Waals surface area contributed by atoms with E-state index < -0.39 is 0 Å². The lowest BCUT2D eigenvalue weighted by molar-refractivity contribution is -0.126. The molecular weight excluding hydrogens is 444 g/mol. The first-order valence-corrected chi connectivity index (χ1v) is 12.3. The third kappa shape index (κ3) is 6.58. The number of nitrogens with zero attached hydrogens (tertiary/aromatic N) is 3. The minimum absolute atomic E-state index is 0.00387. The fourth-order valence-electron chi connectivity index (χ4n) is 3.77. The van der Waals surface area contributed by atoms with Crippen molar-refractivity contribution < 1.29 is 9.32 Å². The molecule has 1 aromatic heterocycles. The van der Waals surface area contributed by atoms with Crippen molar-refractivity contribution in [3.63, 3.8) is 0 Å². The van der Waals surface area contributed by atoms with E-state index in [1.807, 2.05) is 42.1 Å². The molecule has 1 N–H and O–H groups in total. The largest absolute Gasteiger partial charge is 0.356 e. The molecule has 1 unspecified atom stereocenters. The summed E-state index contributed by atoms with van der Waals surface area (Å²) in [4.78, 5) is 20.6. The molecule has 8 heteroatoms. The Bertz CT molecular complexity index is 997. The first kappa shape index (κ1) is 22.8. The molecule has 32 heavy (non-hydrogen) atoms. The van der Waals surface area contributed by atoms with E-state index in [-0.39, 0.29) is 11.8 Å². The van der Waals surface area contributed by atoms with Crippen LogP contribution < -0.4 is 5.32 Å². The van der Waals surface area contributed by atoms with E-state index in [0.29, 0.717) is 36.4 Å². The summed E-state index contributed by atoms with van der Waals surface area (Å²) in [5.41, 5.74) is 0.866. The van der Waals surface area contributed by atoms with Crippen LogP contribution in [0, 0.1) is 5.92 Å². The maximum Gasteiger partial charge on any atom is 0.241 e. The number of piperidine rings is 1. The van der Waals surface area contributed by atoms with Crippen LogP contribution in [0.25, 0.3) is 11.4 Å². The minimum atomic E-state index is 0.00387. The predicted octanol–water partition coefficient (Wildman–Crippen LogP) is 4.90. The number of aromatic nitrogens is 2. The lowest BCUT2D eigenvalue weighted by Crippen LogP contribution is -2.43. The highest BCUT2D eigenvalue weighted by molar-refractivity contribution is 7.99. The minimum Gasteiger partial charge on any atom is -0.356 e. The van der Waals surface area contributed by atoms with Gasteiger partial charge < -0.3 is 9.84 Å². The number of halogens is 1. The average molecular weight is 471 g/mol. The molecule has 0 radical (unpaired) electrons. The number of hydrogen-bond donors (Lipinski definition) is 1. The van der Waals surface area contributed by atoms with Gasteiger partial charge in [0.2, 0.25) is 17.6 Å². The number of rotatable bonds is 9. The van der Waals surface area contributed by atoms with Gasteiger partial charge in [-0.2, -0.15) is 4.98 Å². The van der Waals surface area contributed by atoms with E-state index in [1.165, 1.54) is 4.90 Å². The number of likely N-dealkylation sites (tertiary alicyclic amines) is 1. The standard InChI is InChI=1S/C24H27ClN4O2S/c25-20-11-9-18(10-12-20)23-27-22(31-28-23)17-29-14-4-6-19(16-29)24(30)26-13-5-15-32-21-7-2-1-3-8-21/h1-3,7-12,19H,4-6,13-17H2,(H,26,30). The van der Waals surface area contributed by atoms with E-state index in [1.54, 1.807) is 12.1 Å². The Morgan fingerprint density at radius 2 is 2.00 bits per heavy atom. The molecule has 0 saturated carbocycles. The van der Waals surface area contributed by atoms with E-state index in [2.05, 4.69) is 32.5 Å². The first-order chi connectivity index (χ1) is 15.7. The molecule has 3 aromatic rings. The Hall–Kier alpha value is -2.35. The number of benzene rings is 2. The number of amides is 1. The molecular formula is C24H27ClN4O2S. The van der Waals surface area contributed by atoms with Crippen molar-refractivity contribution in [1.82, 2.24) is 20.4 Å². The molecule has 4 rings (SSSR count). The Labute approximate surface area is 197 Å². The summed E-state index contributed by atoms with van der Waals surface area (Å²) in [7, 11) is 0. The first-order valence-electron chi connectivity index (χ1n) is 10.9. The second-order valence-electron chi connectivity index (χ2n) is 7.90. The molecule has 0 aliphatic carbocycles. The van der Waals surface area contributed by atoms with Gasteiger partial charge in [-0.1, -0.05) is 35.0 Å². The molecule has 1 aliphatic heterocycles. The van der Waals surface area contributed by atoms with Gasteiger partial charge in [0.1, 0.15) is 0 Å². The van der Waals surface area contributed by atoms with E-state index >= 15 is 0 Å². The van der Waals surface area contributed by atoms with Crippen LogP contribution in [0.4, 0.5) is 0 Å². The van der Waals surface area contributed by atoms with Crippen LogP contribution in [0.3, 0.4) is 0 Å².